The molecule has 0 aliphatic heterocycles. The summed E-state index contributed by atoms with van der Waals surface area (Å²) in [6, 6.07) is 14.1. The van der Waals surface area contributed by atoms with Crippen molar-refractivity contribution in [2.75, 3.05) is 23.7 Å². The van der Waals surface area contributed by atoms with Crippen LogP contribution in [0.3, 0.4) is 0 Å². The first-order chi connectivity index (χ1) is 9.29. The summed E-state index contributed by atoms with van der Waals surface area (Å²) in [7, 11) is 0. The first kappa shape index (κ1) is 13.0. The topological polar surface area (TPSA) is 70.9 Å². The number of nitriles is 1. The highest BCUT2D eigenvalue weighted by Gasteiger charge is 2.06. The molecule has 5 nitrogen and oxygen atoms in total. The Kier molecular flexibility index (Phi) is 4.40. The maximum atomic E-state index is 8.74. The van der Waals surface area contributed by atoms with Crippen molar-refractivity contribution in [2.24, 2.45) is 0 Å². The summed E-state index contributed by atoms with van der Waals surface area (Å²) < 4.78 is 1.82. The van der Waals surface area contributed by atoms with E-state index in [1.54, 1.807) is 6.07 Å². The molecule has 0 radical (unpaired) electrons. The van der Waals surface area contributed by atoms with Gasteiger partial charge in [-0.25, -0.2) is 0 Å². The molecule has 0 unspecified atom stereocenters. The molecule has 5 heteroatoms. The van der Waals surface area contributed by atoms with Crippen LogP contribution in [0.5, 0.6) is 0 Å². The average Bonchev–Trinajstić information content (AvgIpc) is 2.86. The summed E-state index contributed by atoms with van der Waals surface area (Å²) >= 11 is 0. The van der Waals surface area contributed by atoms with E-state index in [-0.39, 0.29) is 0 Å². The Hall–Kier alpha value is -2.48. The molecule has 0 bridgehead atoms. The summed E-state index contributed by atoms with van der Waals surface area (Å²) in [5, 5.41) is 12.9. The van der Waals surface area contributed by atoms with Gasteiger partial charge < -0.3 is 10.6 Å². The van der Waals surface area contributed by atoms with Crippen molar-refractivity contribution in [1.29, 1.82) is 5.26 Å². The van der Waals surface area contributed by atoms with E-state index in [9.17, 15) is 0 Å². The number of nitrogens with zero attached hydrogens (tertiary/aromatic N) is 4. The highest BCUT2D eigenvalue weighted by atomic mass is 15.3. The molecule has 2 aromatic rings. The van der Waals surface area contributed by atoms with Gasteiger partial charge in [-0.05, 0) is 18.2 Å². The van der Waals surface area contributed by atoms with Crippen molar-refractivity contribution in [3.05, 3.63) is 42.6 Å². The Labute approximate surface area is 112 Å². The molecule has 0 fully saturated rings. The van der Waals surface area contributed by atoms with E-state index in [0.717, 1.165) is 25.3 Å². The predicted octanol–water partition coefficient (Wildman–Crippen LogP) is 1.89. The minimum atomic E-state index is 0.510. The average molecular weight is 255 g/mol. The SMILES string of the molecule is N#CCCN(CCn1ccc(N)n1)c1ccccc1. The smallest absolute Gasteiger partial charge is 0.145 e. The molecule has 0 saturated carbocycles. The second kappa shape index (κ2) is 6.45. The number of benzene rings is 1. The zero-order chi connectivity index (χ0) is 13.5. The number of hydrogen-bond donors (Lipinski definition) is 1. The zero-order valence-electron chi connectivity index (χ0n) is 10.7. The van der Waals surface area contributed by atoms with Crippen LogP contribution in [0.4, 0.5) is 11.5 Å². The Morgan fingerprint density at radius 2 is 2.00 bits per heavy atom. The molecule has 0 aliphatic carbocycles. The number of nitrogens with two attached hydrogens (primary N) is 1. The first-order valence-electron chi connectivity index (χ1n) is 6.25. The predicted molar refractivity (Wildman–Crippen MR) is 75.5 cm³/mol. The van der Waals surface area contributed by atoms with Gasteiger partial charge in [0.2, 0.25) is 0 Å². The van der Waals surface area contributed by atoms with Crippen LogP contribution in [0.15, 0.2) is 42.6 Å². The van der Waals surface area contributed by atoms with Crippen LogP contribution in [0, 0.1) is 11.3 Å². The molecule has 2 rings (SSSR count). The maximum absolute atomic E-state index is 8.74. The van der Waals surface area contributed by atoms with Crippen molar-refractivity contribution in [3.63, 3.8) is 0 Å². The number of anilines is 2. The third-order valence-electron chi connectivity index (χ3n) is 2.88. The summed E-state index contributed by atoms with van der Waals surface area (Å²) in [5.74, 6) is 0.531. The molecular formula is C14H17N5. The molecule has 0 spiro atoms. The van der Waals surface area contributed by atoms with E-state index in [1.807, 2.05) is 29.1 Å². The Morgan fingerprint density at radius 1 is 1.21 bits per heavy atom. The second-order valence-corrected chi connectivity index (χ2v) is 4.23. The van der Waals surface area contributed by atoms with E-state index in [2.05, 4.69) is 28.2 Å². The van der Waals surface area contributed by atoms with Crippen LogP contribution in [0.1, 0.15) is 6.42 Å². The standard InChI is InChI=1S/C14H17N5/c15-8-4-9-18(13-5-2-1-3-6-13)11-12-19-10-7-14(16)17-19/h1-3,5-7,10H,4,9,11-12H2,(H2,16,17). The lowest BCUT2D eigenvalue weighted by Gasteiger charge is -2.23. The quantitative estimate of drug-likeness (QED) is 0.855. The molecule has 0 amide bonds. The monoisotopic (exact) mass is 255 g/mol. The molecule has 0 aliphatic rings. The van der Waals surface area contributed by atoms with Gasteiger partial charge in [0.15, 0.2) is 0 Å². The molecule has 2 N–H and O–H groups in total. The molecular weight excluding hydrogens is 238 g/mol. The summed E-state index contributed by atoms with van der Waals surface area (Å²) in [6.07, 6.45) is 2.37. The van der Waals surface area contributed by atoms with Crippen LogP contribution in [-0.4, -0.2) is 22.9 Å². The minimum absolute atomic E-state index is 0.510. The zero-order valence-corrected chi connectivity index (χ0v) is 10.7. The Balaban J connectivity index is 2.00. The van der Waals surface area contributed by atoms with Gasteiger partial charge in [0.25, 0.3) is 0 Å². The largest absolute Gasteiger partial charge is 0.382 e. The van der Waals surface area contributed by atoms with E-state index >= 15 is 0 Å². The number of hydrogen-bond acceptors (Lipinski definition) is 4. The number of aromatic nitrogens is 2. The molecule has 0 atom stereocenters. The molecule has 1 aromatic carbocycles. The lowest BCUT2D eigenvalue weighted by atomic mass is 10.2. The van der Waals surface area contributed by atoms with E-state index in [0.29, 0.717) is 12.2 Å². The highest BCUT2D eigenvalue weighted by Crippen LogP contribution is 2.13. The van der Waals surface area contributed by atoms with E-state index in [1.165, 1.54) is 0 Å². The van der Waals surface area contributed by atoms with Crippen molar-refractivity contribution >= 4 is 11.5 Å². The fourth-order valence-corrected chi connectivity index (χ4v) is 1.92. The molecule has 19 heavy (non-hydrogen) atoms. The van der Waals surface area contributed by atoms with Gasteiger partial charge in [0, 0.05) is 25.0 Å². The van der Waals surface area contributed by atoms with Crippen LogP contribution in [0.25, 0.3) is 0 Å². The Morgan fingerprint density at radius 3 is 2.63 bits per heavy atom. The molecule has 0 saturated heterocycles. The van der Waals surface area contributed by atoms with Crippen LogP contribution >= 0.6 is 0 Å². The molecule has 1 aromatic heterocycles. The first-order valence-corrected chi connectivity index (χ1v) is 6.25. The van der Waals surface area contributed by atoms with Gasteiger partial charge in [-0.15, -0.1) is 0 Å². The fourth-order valence-electron chi connectivity index (χ4n) is 1.92. The lowest BCUT2D eigenvalue weighted by molar-refractivity contribution is 0.598. The van der Waals surface area contributed by atoms with Crippen molar-refractivity contribution in [1.82, 2.24) is 9.78 Å². The third kappa shape index (κ3) is 3.75. The summed E-state index contributed by atoms with van der Waals surface area (Å²) in [5.41, 5.74) is 6.71. The molecule has 1 heterocycles. The summed E-state index contributed by atoms with van der Waals surface area (Å²) in [6.45, 7) is 2.27. The highest BCUT2D eigenvalue weighted by molar-refractivity contribution is 5.45. The van der Waals surface area contributed by atoms with Gasteiger partial charge in [-0.2, -0.15) is 10.4 Å². The fraction of sp³-hybridized carbons (Fsp3) is 0.286. The van der Waals surface area contributed by atoms with Crippen LogP contribution in [0.2, 0.25) is 0 Å². The maximum Gasteiger partial charge on any atom is 0.145 e. The third-order valence-corrected chi connectivity index (χ3v) is 2.88. The van der Waals surface area contributed by atoms with Crippen molar-refractivity contribution in [3.8, 4) is 6.07 Å². The van der Waals surface area contributed by atoms with E-state index in [4.69, 9.17) is 11.0 Å². The molecule has 98 valence electrons. The number of para-hydroxylation sites is 1. The van der Waals surface area contributed by atoms with Crippen molar-refractivity contribution < 1.29 is 0 Å². The number of nitrogen functional groups attached to an aromatic ring is 1. The minimum Gasteiger partial charge on any atom is -0.382 e. The van der Waals surface area contributed by atoms with Crippen LogP contribution in [-0.2, 0) is 6.54 Å². The van der Waals surface area contributed by atoms with Crippen LogP contribution < -0.4 is 10.6 Å². The van der Waals surface area contributed by atoms with Gasteiger partial charge in [-0.3, -0.25) is 4.68 Å². The lowest BCUT2D eigenvalue weighted by Crippen LogP contribution is -2.28. The summed E-state index contributed by atoms with van der Waals surface area (Å²) in [4.78, 5) is 2.18. The van der Waals surface area contributed by atoms with Gasteiger partial charge in [-0.1, -0.05) is 18.2 Å². The Bertz CT molecular complexity index is 540. The van der Waals surface area contributed by atoms with Gasteiger partial charge in [0.05, 0.1) is 19.0 Å². The number of rotatable bonds is 6. The van der Waals surface area contributed by atoms with Gasteiger partial charge in [0.1, 0.15) is 5.82 Å². The van der Waals surface area contributed by atoms with E-state index < -0.39 is 0 Å². The normalized spacial score (nSPS) is 10.1. The van der Waals surface area contributed by atoms with Crippen molar-refractivity contribution in [2.45, 2.75) is 13.0 Å². The second-order valence-electron chi connectivity index (χ2n) is 4.23. The van der Waals surface area contributed by atoms with Gasteiger partial charge >= 0.3 is 0 Å².